The van der Waals surface area contributed by atoms with E-state index < -0.39 is 36.0 Å². The third-order valence-electron chi connectivity index (χ3n) is 5.61. The van der Waals surface area contributed by atoms with Gasteiger partial charge in [-0.15, -0.1) is 0 Å². The van der Waals surface area contributed by atoms with Crippen LogP contribution in [0, 0.1) is 5.82 Å². The van der Waals surface area contributed by atoms with E-state index in [4.69, 9.17) is 4.74 Å². The molecule has 2 aromatic rings. The summed E-state index contributed by atoms with van der Waals surface area (Å²) in [6, 6.07) is 9.08. The minimum absolute atomic E-state index is 0.262. The molecule has 0 spiro atoms. The molecule has 1 unspecified atom stereocenters. The third kappa shape index (κ3) is 4.39. The van der Waals surface area contributed by atoms with E-state index in [0.29, 0.717) is 18.8 Å². The zero-order chi connectivity index (χ0) is 22.2. The predicted molar refractivity (Wildman–Crippen MR) is 107 cm³/mol. The van der Waals surface area contributed by atoms with E-state index >= 15 is 0 Å². The number of benzene rings is 2. The van der Waals surface area contributed by atoms with Gasteiger partial charge in [0, 0.05) is 24.3 Å². The summed E-state index contributed by atoms with van der Waals surface area (Å²) in [4.78, 5) is 0. The maximum Gasteiger partial charge on any atom is 0.418 e. The van der Waals surface area contributed by atoms with Crippen LogP contribution in [-0.2, 0) is 18.5 Å². The number of fused-ring (bicyclic) bond motifs is 1. The number of methoxy groups -OCH3 is 1. The average molecular weight is 426 g/mol. The number of aliphatic hydroxyl groups is 1. The Hall–Kier alpha value is -2.32. The van der Waals surface area contributed by atoms with Crippen LogP contribution in [-0.4, -0.2) is 30.5 Å². The molecule has 1 aliphatic heterocycles. The first kappa shape index (κ1) is 22.4. The maximum absolute atomic E-state index is 14.0. The number of halogens is 4. The van der Waals surface area contributed by atoms with Crippen molar-refractivity contribution in [1.29, 1.82) is 0 Å². The van der Waals surface area contributed by atoms with Crippen molar-refractivity contribution in [2.24, 2.45) is 0 Å². The fraction of sp³-hybridized carbons (Fsp3) is 0.455. The maximum atomic E-state index is 14.0. The molecule has 0 aliphatic carbocycles. The van der Waals surface area contributed by atoms with Crippen LogP contribution in [0.4, 0.5) is 23.2 Å². The molecule has 0 aromatic heterocycles. The van der Waals surface area contributed by atoms with E-state index in [1.807, 2.05) is 6.07 Å². The number of hydrogen-bond donors (Lipinski definition) is 3. The number of ether oxygens (including phenoxy) is 1. The Morgan fingerprint density at radius 3 is 2.53 bits per heavy atom. The van der Waals surface area contributed by atoms with Crippen molar-refractivity contribution in [3.63, 3.8) is 0 Å². The summed E-state index contributed by atoms with van der Waals surface area (Å²) >= 11 is 0. The van der Waals surface area contributed by atoms with Gasteiger partial charge in [0.15, 0.2) is 5.60 Å². The minimum Gasteiger partial charge on any atom is -0.496 e. The predicted octanol–water partition coefficient (Wildman–Crippen LogP) is 4.51. The summed E-state index contributed by atoms with van der Waals surface area (Å²) in [5.41, 5.74) is -1.53. The molecule has 3 N–H and O–H groups in total. The van der Waals surface area contributed by atoms with Gasteiger partial charge >= 0.3 is 6.18 Å². The summed E-state index contributed by atoms with van der Waals surface area (Å²) in [7, 11) is 1.37. The molecule has 0 fully saturated rings. The first-order chi connectivity index (χ1) is 14.0. The highest BCUT2D eigenvalue weighted by Crippen LogP contribution is 2.44. The highest BCUT2D eigenvalue weighted by Gasteiger charge is 2.56. The van der Waals surface area contributed by atoms with Crippen molar-refractivity contribution in [2.75, 3.05) is 19.0 Å². The minimum atomic E-state index is -4.89. The largest absolute Gasteiger partial charge is 0.496 e. The van der Waals surface area contributed by atoms with Crippen molar-refractivity contribution in [1.82, 2.24) is 5.32 Å². The van der Waals surface area contributed by atoms with Gasteiger partial charge in [-0.1, -0.05) is 26.0 Å². The Labute approximate surface area is 173 Å². The van der Waals surface area contributed by atoms with Gasteiger partial charge in [-0.3, -0.25) is 0 Å². The lowest BCUT2D eigenvalue weighted by Crippen LogP contribution is -2.53. The normalized spacial score (nSPS) is 16.1. The van der Waals surface area contributed by atoms with E-state index in [9.17, 15) is 22.7 Å². The van der Waals surface area contributed by atoms with Crippen LogP contribution < -0.4 is 15.4 Å². The molecular weight excluding hydrogens is 400 g/mol. The molecule has 4 nitrogen and oxygen atoms in total. The van der Waals surface area contributed by atoms with Gasteiger partial charge in [-0.2, -0.15) is 13.2 Å². The molecule has 2 aromatic carbocycles. The topological polar surface area (TPSA) is 53.5 Å². The molecular formula is C22H26F4N2O2. The number of rotatable bonds is 7. The molecule has 30 heavy (non-hydrogen) atoms. The molecule has 1 heterocycles. The number of nitrogens with one attached hydrogen (secondary N) is 2. The second kappa shape index (κ2) is 8.07. The quantitative estimate of drug-likeness (QED) is 0.571. The van der Waals surface area contributed by atoms with E-state index in [0.717, 1.165) is 17.2 Å². The Kier molecular flexibility index (Phi) is 6.02. The van der Waals surface area contributed by atoms with Crippen LogP contribution >= 0.6 is 0 Å². The SMILES string of the molecule is COc1ccc(F)cc1C(C)(C)CC(O)(CNc1cccc2c1CNC2)C(F)(F)F. The standard InChI is InChI=1S/C22H26F4N2O2/c1-20(2,17-9-15(23)7-8-19(17)30-3)12-21(29,22(24,25)26)13-28-18-6-4-5-14-10-27-11-16(14)18/h4-9,27-29H,10-13H2,1-3H3. The lowest BCUT2D eigenvalue weighted by Gasteiger charge is -2.38. The first-order valence-corrected chi connectivity index (χ1v) is 9.65. The van der Waals surface area contributed by atoms with Crippen molar-refractivity contribution in [2.45, 2.75) is 50.6 Å². The Balaban J connectivity index is 1.89. The fourth-order valence-corrected chi connectivity index (χ4v) is 4.04. The van der Waals surface area contributed by atoms with Gasteiger partial charge in [0.25, 0.3) is 0 Å². The van der Waals surface area contributed by atoms with Crippen molar-refractivity contribution in [3.8, 4) is 5.75 Å². The summed E-state index contributed by atoms with van der Waals surface area (Å²) in [6.07, 6.45) is -5.57. The monoisotopic (exact) mass is 426 g/mol. The van der Waals surface area contributed by atoms with Crippen molar-refractivity contribution in [3.05, 3.63) is 58.9 Å². The van der Waals surface area contributed by atoms with E-state index in [-0.39, 0.29) is 11.3 Å². The summed E-state index contributed by atoms with van der Waals surface area (Å²) in [6.45, 7) is 3.54. The van der Waals surface area contributed by atoms with Crippen LogP contribution in [0.15, 0.2) is 36.4 Å². The summed E-state index contributed by atoms with van der Waals surface area (Å²) in [5, 5.41) is 16.7. The van der Waals surface area contributed by atoms with Gasteiger partial charge < -0.3 is 20.5 Å². The Bertz CT molecular complexity index is 914. The van der Waals surface area contributed by atoms with E-state index in [2.05, 4.69) is 10.6 Å². The molecule has 8 heteroatoms. The van der Waals surface area contributed by atoms with Gasteiger partial charge in [0.2, 0.25) is 0 Å². The van der Waals surface area contributed by atoms with Crippen LogP contribution in [0.1, 0.15) is 37.0 Å². The van der Waals surface area contributed by atoms with Crippen LogP contribution in [0.25, 0.3) is 0 Å². The van der Waals surface area contributed by atoms with Gasteiger partial charge in [0.1, 0.15) is 11.6 Å². The van der Waals surface area contributed by atoms with Crippen LogP contribution in [0.3, 0.4) is 0 Å². The smallest absolute Gasteiger partial charge is 0.418 e. The summed E-state index contributed by atoms with van der Waals surface area (Å²) in [5.74, 6) is -0.314. The second-order valence-electron chi connectivity index (χ2n) is 8.33. The Morgan fingerprint density at radius 2 is 1.87 bits per heavy atom. The molecule has 0 bridgehead atoms. The summed E-state index contributed by atoms with van der Waals surface area (Å²) < 4.78 is 61.0. The number of alkyl halides is 3. The number of hydrogen-bond acceptors (Lipinski definition) is 4. The zero-order valence-corrected chi connectivity index (χ0v) is 17.2. The van der Waals surface area contributed by atoms with Gasteiger partial charge in [0.05, 0.1) is 13.7 Å². The van der Waals surface area contributed by atoms with Crippen LogP contribution in [0.2, 0.25) is 0 Å². The Morgan fingerprint density at radius 1 is 1.13 bits per heavy atom. The molecule has 164 valence electrons. The molecule has 3 rings (SSSR count). The molecule has 0 amide bonds. The highest BCUT2D eigenvalue weighted by molar-refractivity contribution is 5.56. The lowest BCUT2D eigenvalue weighted by atomic mass is 9.74. The number of anilines is 1. The van der Waals surface area contributed by atoms with Crippen molar-refractivity contribution >= 4 is 5.69 Å². The third-order valence-corrected chi connectivity index (χ3v) is 5.61. The van der Waals surface area contributed by atoms with E-state index in [1.54, 1.807) is 12.1 Å². The second-order valence-corrected chi connectivity index (χ2v) is 8.33. The van der Waals surface area contributed by atoms with Gasteiger partial charge in [-0.05, 0) is 47.2 Å². The molecule has 1 aliphatic rings. The van der Waals surface area contributed by atoms with E-state index in [1.165, 1.54) is 33.1 Å². The van der Waals surface area contributed by atoms with Crippen molar-refractivity contribution < 1.29 is 27.4 Å². The highest BCUT2D eigenvalue weighted by atomic mass is 19.4. The molecule has 0 saturated carbocycles. The molecule has 0 saturated heterocycles. The lowest BCUT2D eigenvalue weighted by molar-refractivity contribution is -0.260. The zero-order valence-electron chi connectivity index (χ0n) is 17.2. The van der Waals surface area contributed by atoms with Gasteiger partial charge in [-0.25, -0.2) is 4.39 Å². The van der Waals surface area contributed by atoms with Crippen LogP contribution in [0.5, 0.6) is 5.75 Å². The molecule has 0 radical (unpaired) electrons. The first-order valence-electron chi connectivity index (χ1n) is 9.65. The average Bonchev–Trinajstić information content (AvgIpc) is 3.14. The molecule has 1 atom stereocenters. The fourth-order valence-electron chi connectivity index (χ4n) is 4.04.